The van der Waals surface area contributed by atoms with Crippen LogP contribution in [0.25, 0.3) is 11.2 Å². The van der Waals surface area contributed by atoms with Crippen LogP contribution in [0.2, 0.25) is 0 Å². The van der Waals surface area contributed by atoms with Gasteiger partial charge in [0.05, 0.1) is 12.9 Å². The number of imidazole rings is 1. The zero-order valence-corrected chi connectivity index (χ0v) is 20.5. The third kappa shape index (κ3) is 4.39. The van der Waals surface area contributed by atoms with Gasteiger partial charge in [0.15, 0.2) is 11.2 Å². The van der Waals surface area contributed by atoms with E-state index in [4.69, 9.17) is 0 Å². The number of aryl methyl sites for hydroxylation is 1. The van der Waals surface area contributed by atoms with Gasteiger partial charge >= 0.3 is 5.69 Å². The van der Waals surface area contributed by atoms with Crippen molar-refractivity contribution in [3.63, 3.8) is 0 Å². The number of amides is 1. The minimum absolute atomic E-state index is 0.111. The molecule has 1 aliphatic carbocycles. The van der Waals surface area contributed by atoms with Crippen molar-refractivity contribution in [2.45, 2.75) is 57.7 Å². The first-order valence-corrected chi connectivity index (χ1v) is 12.6. The Morgan fingerprint density at radius 1 is 0.972 bits per heavy atom. The maximum absolute atomic E-state index is 13.5. The van der Waals surface area contributed by atoms with Crippen molar-refractivity contribution in [2.24, 2.45) is 0 Å². The quantitative estimate of drug-likeness (QED) is 0.415. The molecule has 2 heterocycles. The van der Waals surface area contributed by atoms with Crippen molar-refractivity contribution < 1.29 is 4.79 Å². The average Bonchev–Trinajstić information content (AvgIpc) is 3.57. The highest BCUT2D eigenvalue weighted by molar-refractivity contribution is 5.77. The van der Waals surface area contributed by atoms with Crippen molar-refractivity contribution >= 4 is 17.1 Å². The van der Waals surface area contributed by atoms with Gasteiger partial charge in [0.25, 0.3) is 5.56 Å². The number of carbonyl (C=O) groups excluding carboxylic acids is 1. The molecule has 186 valence electrons. The molecule has 1 N–H and O–H groups in total. The van der Waals surface area contributed by atoms with Gasteiger partial charge in [-0.3, -0.25) is 14.2 Å². The zero-order valence-electron chi connectivity index (χ0n) is 20.5. The van der Waals surface area contributed by atoms with Crippen LogP contribution in [0.5, 0.6) is 0 Å². The molecule has 0 bridgehead atoms. The van der Waals surface area contributed by atoms with E-state index < -0.39 is 11.2 Å². The molecule has 8 nitrogen and oxygen atoms in total. The van der Waals surface area contributed by atoms with Gasteiger partial charge in [-0.1, -0.05) is 73.5 Å². The van der Waals surface area contributed by atoms with E-state index in [0.29, 0.717) is 24.3 Å². The summed E-state index contributed by atoms with van der Waals surface area (Å²) in [6.07, 6.45) is 5.81. The summed E-state index contributed by atoms with van der Waals surface area (Å²) in [6.45, 7) is 2.85. The van der Waals surface area contributed by atoms with E-state index >= 15 is 0 Å². The second kappa shape index (κ2) is 9.97. The van der Waals surface area contributed by atoms with Crippen molar-refractivity contribution in [3.05, 3.63) is 99.0 Å². The van der Waals surface area contributed by atoms with E-state index in [-0.39, 0.29) is 24.4 Å². The third-order valence-corrected chi connectivity index (χ3v) is 7.38. The maximum atomic E-state index is 13.5. The highest BCUT2D eigenvalue weighted by Crippen LogP contribution is 2.40. The molecule has 36 heavy (non-hydrogen) atoms. The Hall–Kier alpha value is -3.94. The van der Waals surface area contributed by atoms with E-state index in [2.05, 4.69) is 22.4 Å². The molecule has 0 aliphatic heterocycles. The Kier molecular flexibility index (Phi) is 6.59. The molecule has 2 aromatic carbocycles. The number of rotatable bonds is 8. The number of hydrogen-bond donors (Lipinski definition) is 1. The molecular formula is C28H31N5O3. The fourth-order valence-corrected chi connectivity index (χ4v) is 5.40. The van der Waals surface area contributed by atoms with Crippen LogP contribution in [0.15, 0.2) is 76.6 Å². The predicted molar refractivity (Wildman–Crippen MR) is 139 cm³/mol. The lowest BCUT2D eigenvalue weighted by molar-refractivity contribution is -0.122. The first-order valence-electron chi connectivity index (χ1n) is 12.6. The van der Waals surface area contributed by atoms with E-state index in [1.54, 1.807) is 10.9 Å². The van der Waals surface area contributed by atoms with E-state index in [1.165, 1.54) is 10.1 Å². The largest absolute Gasteiger partial charge is 0.354 e. The molecule has 1 aliphatic rings. The van der Waals surface area contributed by atoms with Crippen LogP contribution in [-0.2, 0) is 29.8 Å². The van der Waals surface area contributed by atoms with Gasteiger partial charge in [-0.05, 0) is 30.9 Å². The second-order valence-electron chi connectivity index (χ2n) is 9.58. The second-order valence-corrected chi connectivity index (χ2v) is 9.58. The van der Waals surface area contributed by atoms with E-state index in [9.17, 15) is 14.4 Å². The SMILES string of the molecule is CCn1cnc2c1c(=O)n(CC(=O)NCC1(c3ccccc3)CCCC1)c(=O)n2Cc1ccccc1. The third-order valence-electron chi connectivity index (χ3n) is 7.38. The van der Waals surface area contributed by atoms with Gasteiger partial charge in [0.1, 0.15) is 6.54 Å². The summed E-state index contributed by atoms with van der Waals surface area (Å²) in [5.41, 5.74) is 1.66. The minimum Gasteiger partial charge on any atom is -0.354 e. The summed E-state index contributed by atoms with van der Waals surface area (Å²) >= 11 is 0. The Morgan fingerprint density at radius 3 is 2.31 bits per heavy atom. The minimum atomic E-state index is -0.536. The van der Waals surface area contributed by atoms with E-state index in [0.717, 1.165) is 35.8 Å². The van der Waals surface area contributed by atoms with Crippen molar-refractivity contribution in [3.8, 4) is 0 Å². The number of benzene rings is 2. The predicted octanol–water partition coefficient (Wildman–Crippen LogP) is 3.06. The fraction of sp³-hybridized carbons (Fsp3) is 0.357. The Balaban J connectivity index is 1.46. The van der Waals surface area contributed by atoms with E-state index in [1.807, 2.05) is 55.5 Å². The van der Waals surface area contributed by atoms with Crippen molar-refractivity contribution in [1.82, 2.24) is 24.0 Å². The molecule has 4 aromatic rings. The zero-order chi connectivity index (χ0) is 25.1. The molecule has 1 fully saturated rings. The number of fused-ring (bicyclic) bond motifs is 1. The van der Waals surface area contributed by atoms with Gasteiger partial charge in [-0.2, -0.15) is 0 Å². The summed E-state index contributed by atoms with van der Waals surface area (Å²) in [4.78, 5) is 44.3. The molecular weight excluding hydrogens is 454 g/mol. The number of hydrogen-bond acceptors (Lipinski definition) is 4. The van der Waals surface area contributed by atoms with Gasteiger partial charge in [0, 0.05) is 18.5 Å². The van der Waals surface area contributed by atoms with Crippen LogP contribution in [0, 0.1) is 0 Å². The first-order chi connectivity index (χ1) is 17.5. The highest BCUT2D eigenvalue weighted by atomic mass is 16.2. The van der Waals surface area contributed by atoms with Gasteiger partial charge in [-0.25, -0.2) is 14.3 Å². The Bertz CT molecular complexity index is 1480. The molecule has 0 saturated heterocycles. The van der Waals surface area contributed by atoms with Gasteiger partial charge < -0.3 is 9.88 Å². The van der Waals surface area contributed by atoms with Crippen molar-refractivity contribution in [2.75, 3.05) is 6.54 Å². The fourth-order valence-electron chi connectivity index (χ4n) is 5.40. The summed E-state index contributed by atoms with van der Waals surface area (Å²) in [5, 5.41) is 3.04. The number of aromatic nitrogens is 4. The van der Waals surface area contributed by atoms with Crippen molar-refractivity contribution in [1.29, 1.82) is 0 Å². The lowest BCUT2D eigenvalue weighted by Gasteiger charge is -2.30. The number of nitrogens with one attached hydrogen (secondary N) is 1. The monoisotopic (exact) mass is 485 g/mol. The van der Waals surface area contributed by atoms with Crippen LogP contribution in [0.1, 0.15) is 43.7 Å². The normalized spacial score (nSPS) is 14.8. The molecule has 1 amide bonds. The standard InChI is InChI=1S/C28H31N5O3/c1-2-31-20-30-25-24(31)26(35)33(27(36)32(25)17-21-11-5-3-6-12-21)18-23(34)29-19-28(15-9-10-16-28)22-13-7-4-8-14-22/h3-8,11-14,20H,2,9-10,15-19H2,1H3,(H,29,34). The van der Waals surface area contributed by atoms with Gasteiger partial charge in [-0.15, -0.1) is 0 Å². The lowest BCUT2D eigenvalue weighted by Crippen LogP contribution is -2.46. The number of carbonyl (C=O) groups is 1. The topological polar surface area (TPSA) is 90.9 Å². The molecule has 0 unspecified atom stereocenters. The first kappa shape index (κ1) is 23.8. The highest BCUT2D eigenvalue weighted by Gasteiger charge is 2.35. The lowest BCUT2D eigenvalue weighted by atomic mass is 9.79. The van der Waals surface area contributed by atoms with Crippen LogP contribution >= 0.6 is 0 Å². The summed E-state index contributed by atoms with van der Waals surface area (Å²) in [5.74, 6) is -0.343. The summed E-state index contributed by atoms with van der Waals surface area (Å²) in [7, 11) is 0. The summed E-state index contributed by atoms with van der Waals surface area (Å²) in [6, 6.07) is 19.8. The molecule has 0 spiro atoms. The average molecular weight is 486 g/mol. The molecule has 0 atom stereocenters. The maximum Gasteiger partial charge on any atom is 0.333 e. The Labute approximate surface area is 209 Å². The smallest absolute Gasteiger partial charge is 0.333 e. The van der Waals surface area contributed by atoms with Crippen LogP contribution < -0.4 is 16.6 Å². The molecule has 0 radical (unpaired) electrons. The number of nitrogens with zero attached hydrogens (tertiary/aromatic N) is 4. The molecule has 5 rings (SSSR count). The molecule has 2 aromatic heterocycles. The van der Waals surface area contributed by atoms with Gasteiger partial charge in [0.2, 0.25) is 5.91 Å². The Morgan fingerprint density at radius 2 is 1.64 bits per heavy atom. The summed E-state index contributed by atoms with van der Waals surface area (Å²) < 4.78 is 4.24. The van der Waals surface area contributed by atoms with Crippen LogP contribution in [0.4, 0.5) is 0 Å². The van der Waals surface area contributed by atoms with Crippen LogP contribution in [-0.4, -0.2) is 31.1 Å². The van der Waals surface area contributed by atoms with Crippen LogP contribution in [0.3, 0.4) is 0 Å². The molecule has 1 saturated carbocycles. The molecule has 8 heteroatoms.